The van der Waals surface area contributed by atoms with Gasteiger partial charge in [0, 0.05) is 18.2 Å². The molecule has 1 unspecified atom stereocenters. The van der Waals surface area contributed by atoms with Gasteiger partial charge in [-0.15, -0.1) is 0 Å². The fourth-order valence-corrected chi connectivity index (χ4v) is 2.75. The van der Waals surface area contributed by atoms with Crippen LogP contribution in [0.1, 0.15) is 41.6 Å². The van der Waals surface area contributed by atoms with Crippen LogP contribution in [0.4, 0.5) is 0 Å². The van der Waals surface area contributed by atoms with Gasteiger partial charge in [0.15, 0.2) is 0 Å². The number of aryl methyl sites for hydroxylation is 1. The number of esters is 1. The molecule has 0 amide bonds. The lowest BCUT2D eigenvalue weighted by molar-refractivity contribution is 0.0559. The topological polar surface area (TPSA) is 54.7 Å². The Morgan fingerprint density at radius 1 is 1.60 bits per heavy atom. The van der Waals surface area contributed by atoms with Crippen LogP contribution in [0.3, 0.4) is 0 Å². The summed E-state index contributed by atoms with van der Waals surface area (Å²) in [7, 11) is 1.37. The maximum absolute atomic E-state index is 11.6. The molecule has 0 spiro atoms. The highest BCUT2D eigenvalue weighted by Gasteiger charge is 2.24. The lowest BCUT2D eigenvalue weighted by atomic mass is 10.2. The summed E-state index contributed by atoms with van der Waals surface area (Å²) in [5, 5.41) is 3.39. The number of methoxy groups -OCH3 is 1. The van der Waals surface area contributed by atoms with E-state index in [9.17, 15) is 4.79 Å². The van der Waals surface area contributed by atoms with Crippen LogP contribution in [0.25, 0.3) is 0 Å². The average molecular weight is 280 g/mol. The Morgan fingerprint density at radius 2 is 2.40 bits per heavy atom. The van der Waals surface area contributed by atoms with Crippen molar-refractivity contribution in [1.82, 2.24) is 10.2 Å². The molecule has 0 aliphatic carbocycles. The third kappa shape index (κ3) is 3.41. The highest BCUT2D eigenvalue weighted by Crippen LogP contribution is 2.20. The zero-order chi connectivity index (χ0) is 14.5. The fourth-order valence-electron chi connectivity index (χ4n) is 2.75. The van der Waals surface area contributed by atoms with E-state index < -0.39 is 5.97 Å². The number of ether oxygens (including phenoxy) is 1. The summed E-state index contributed by atoms with van der Waals surface area (Å²) in [6.07, 6.45) is 2.28. The van der Waals surface area contributed by atoms with Crippen LogP contribution in [-0.4, -0.2) is 43.7 Å². The van der Waals surface area contributed by atoms with Gasteiger partial charge in [-0.3, -0.25) is 4.90 Å². The summed E-state index contributed by atoms with van der Waals surface area (Å²) >= 11 is 0. The SMILES string of the molecule is CCCN(Cc1cc(C)c(C(=O)OC)o1)C1CCNC1. The first-order valence-electron chi connectivity index (χ1n) is 7.28. The second-order valence-electron chi connectivity index (χ2n) is 5.33. The van der Waals surface area contributed by atoms with Gasteiger partial charge in [-0.05, 0) is 38.9 Å². The number of carbonyl (C=O) groups excluding carboxylic acids is 1. The van der Waals surface area contributed by atoms with Gasteiger partial charge in [0.1, 0.15) is 5.76 Å². The zero-order valence-corrected chi connectivity index (χ0v) is 12.6. The van der Waals surface area contributed by atoms with Crippen molar-refractivity contribution in [1.29, 1.82) is 0 Å². The number of hydrogen-bond acceptors (Lipinski definition) is 5. The second-order valence-corrected chi connectivity index (χ2v) is 5.33. The average Bonchev–Trinajstić information content (AvgIpc) is 3.07. The van der Waals surface area contributed by atoms with Gasteiger partial charge in [0.2, 0.25) is 5.76 Å². The molecule has 1 aromatic rings. The standard InChI is InChI=1S/C15H24N2O3/c1-4-7-17(12-5-6-16-9-12)10-13-8-11(2)14(20-13)15(18)19-3/h8,12,16H,4-7,9-10H2,1-3H3. The van der Waals surface area contributed by atoms with E-state index in [0.29, 0.717) is 11.8 Å². The van der Waals surface area contributed by atoms with Crippen molar-refractivity contribution < 1.29 is 13.9 Å². The van der Waals surface area contributed by atoms with Crippen molar-refractivity contribution in [3.05, 3.63) is 23.2 Å². The molecule has 2 rings (SSSR count). The van der Waals surface area contributed by atoms with Crippen molar-refractivity contribution >= 4 is 5.97 Å². The van der Waals surface area contributed by atoms with Crippen LogP contribution in [-0.2, 0) is 11.3 Å². The first-order chi connectivity index (χ1) is 9.65. The number of rotatable bonds is 6. The van der Waals surface area contributed by atoms with Gasteiger partial charge in [0.25, 0.3) is 0 Å². The molecule has 112 valence electrons. The molecule has 1 atom stereocenters. The predicted octanol–water partition coefficient (Wildman–Crippen LogP) is 1.95. The minimum absolute atomic E-state index is 0.323. The minimum Gasteiger partial charge on any atom is -0.463 e. The first-order valence-corrected chi connectivity index (χ1v) is 7.28. The molecule has 1 saturated heterocycles. The molecule has 0 radical (unpaired) electrons. The lowest BCUT2D eigenvalue weighted by Crippen LogP contribution is -2.36. The minimum atomic E-state index is -0.404. The number of nitrogens with zero attached hydrogens (tertiary/aromatic N) is 1. The Bertz CT molecular complexity index is 450. The van der Waals surface area contributed by atoms with Gasteiger partial charge < -0.3 is 14.5 Å². The first kappa shape index (κ1) is 15.1. The van der Waals surface area contributed by atoms with Crippen LogP contribution in [0, 0.1) is 6.92 Å². The monoisotopic (exact) mass is 280 g/mol. The van der Waals surface area contributed by atoms with E-state index >= 15 is 0 Å². The summed E-state index contributed by atoms with van der Waals surface area (Å²) in [6, 6.07) is 2.50. The van der Waals surface area contributed by atoms with E-state index in [1.807, 2.05) is 13.0 Å². The number of furan rings is 1. The zero-order valence-electron chi connectivity index (χ0n) is 12.6. The largest absolute Gasteiger partial charge is 0.463 e. The Morgan fingerprint density at radius 3 is 3.00 bits per heavy atom. The quantitative estimate of drug-likeness (QED) is 0.807. The van der Waals surface area contributed by atoms with Crippen molar-refractivity contribution in [3.8, 4) is 0 Å². The van der Waals surface area contributed by atoms with Gasteiger partial charge in [-0.25, -0.2) is 4.79 Å². The molecule has 0 bridgehead atoms. The summed E-state index contributed by atoms with van der Waals surface area (Å²) in [5.74, 6) is 0.755. The lowest BCUT2D eigenvalue weighted by Gasteiger charge is -2.26. The molecule has 5 heteroatoms. The maximum atomic E-state index is 11.6. The van der Waals surface area contributed by atoms with Crippen molar-refractivity contribution in [2.45, 2.75) is 39.3 Å². The molecule has 5 nitrogen and oxygen atoms in total. The summed E-state index contributed by atoms with van der Waals surface area (Å²) in [6.45, 7) is 7.96. The third-order valence-corrected chi connectivity index (χ3v) is 3.76. The summed E-state index contributed by atoms with van der Waals surface area (Å²) in [4.78, 5) is 14.0. The van der Waals surface area contributed by atoms with Crippen LogP contribution < -0.4 is 5.32 Å². The molecule has 1 aromatic heterocycles. The molecule has 1 N–H and O–H groups in total. The second kappa shape index (κ2) is 6.90. The van der Waals surface area contributed by atoms with E-state index in [2.05, 4.69) is 17.1 Å². The molecule has 1 aliphatic heterocycles. The Labute approximate surface area is 120 Å². The molecular weight excluding hydrogens is 256 g/mol. The van der Waals surface area contributed by atoms with E-state index in [-0.39, 0.29) is 0 Å². The molecule has 1 aliphatic rings. The fraction of sp³-hybridized carbons (Fsp3) is 0.667. The smallest absolute Gasteiger partial charge is 0.374 e. The normalized spacial score (nSPS) is 18.7. The van der Waals surface area contributed by atoms with Crippen molar-refractivity contribution in [2.75, 3.05) is 26.7 Å². The van der Waals surface area contributed by atoms with Crippen LogP contribution in [0.5, 0.6) is 0 Å². The van der Waals surface area contributed by atoms with E-state index in [1.54, 1.807) is 0 Å². The molecule has 0 saturated carbocycles. The van der Waals surface area contributed by atoms with Gasteiger partial charge in [0.05, 0.1) is 13.7 Å². The highest BCUT2D eigenvalue weighted by atomic mass is 16.5. The van der Waals surface area contributed by atoms with Crippen molar-refractivity contribution in [3.63, 3.8) is 0 Å². The predicted molar refractivity (Wildman–Crippen MR) is 76.8 cm³/mol. The Hall–Kier alpha value is -1.33. The van der Waals surface area contributed by atoms with Gasteiger partial charge >= 0.3 is 5.97 Å². The number of hydrogen-bond donors (Lipinski definition) is 1. The van der Waals surface area contributed by atoms with E-state index in [1.165, 1.54) is 13.5 Å². The van der Waals surface area contributed by atoms with Crippen molar-refractivity contribution in [2.24, 2.45) is 0 Å². The van der Waals surface area contributed by atoms with Gasteiger partial charge in [-0.2, -0.15) is 0 Å². The molecule has 2 heterocycles. The summed E-state index contributed by atoms with van der Waals surface area (Å²) in [5.41, 5.74) is 0.841. The molecular formula is C15H24N2O3. The molecule has 1 fully saturated rings. The number of nitrogens with one attached hydrogen (secondary N) is 1. The summed E-state index contributed by atoms with van der Waals surface area (Å²) < 4.78 is 10.4. The van der Waals surface area contributed by atoms with E-state index in [4.69, 9.17) is 9.15 Å². The maximum Gasteiger partial charge on any atom is 0.374 e. The molecule has 20 heavy (non-hydrogen) atoms. The molecule has 0 aromatic carbocycles. The van der Waals surface area contributed by atoms with Crippen LogP contribution in [0.15, 0.2) is 10.5 Å². The Kier molecular flexibility index (Phi) is 5.20. The highest BCUT2D eigenvalue weighted by molar-refractivity contribution is 5.87. The van der Waals surface area contributed by atoms with Crippen LogP contribution >= 0.6 is 0 Å². The third-order valence-electron chi connectivity index (χ3n) is 3.76. The Balaban J connectivity index is 2.08. The number of carbonyl (C=O) groups is 1. The van der Waals surface area contributed by atoms with Crippen LogP contribution in [0.2, 0.25) is 0 Å². The van der Waals surface area contributed by atoms with Gasteiger partial charge in [-0.1, -0.05) is 6.92 Å². The van der Waals surface area contributed by atoms with E-state index in [0.717, 1.165) is 43.9 Å².